The average molecular weight is 285 g/mol. The number of aromatic nitrogens is 1. The maximum absolute atomic E-state index is 12.4. The standard InChI is InChI=1S/C16H19N3O2/c1-3-14(19-9-5-6-11(2)16(19)21)15(20)18-13-8-4-7-12(17)10-13/h4-10,14H,3,17H2,1-2H3,(H,18,20). The van der Waals surface area contributed by atoms with Gasteiger partial charge in [0.25, 0.3) is 5.56 Å². The molecule has 1 unspecified atom stereocenters. The van der Waals surface area contributed by atoms with Gasteiger partial charge in [0.1, 0.15) is 6.04 Å². The van der Waals surface area contributed by atoms with Gasteiger partial charge in [-0.15, -0.1) is 0 Å². The van der Waals surface area contributed by atoms with Crippen LogP contribution in [0.2, 0.25) is 0 Å². The smallest absolute Gasteiger partial charge is 0.254 e. The number of aryl methyl sites for hydroxylation is 1. The number of carbonyl (C=O) groups excluding carboxylic acids is 1. The monoisotopic (exact) mass is 285 g/mol. The van der Waals surface area contributed by atoms with Crippen LogP contribution >= 0.6 is 0 Å². The summed E-state index contributed by atoms with van der Waals surface area (Å²) in [5.74, 6) is -0.226. The zero-order valence-electron chi connectivity index (χ0n) is 12.2. The van der Waals surface area contributed by atoms with Crippen molar-refractivity contribution < 1.29 is 4.79 Å². The number of hydrogen-bond donors (Lipinski definition) is 2. The Hall–Kier alpha value is -2.56. The Morgan fingerprint density at radius 3 is 2.76 bits per heavy atom. The first-order chi connectivity index (χ1) is 10.0. The SMILES string of the molecule is CCC(C(=O)Nc1cccc(N)c1)n1cccc(C)c1=O. The van der Waals surface area contributed by atoms with Gasteiger partial charge in [-0.1, -0.05) is 19.1 Å². The van der Waals surface area contributed by atoms with Gasteiger partial charge in [0.15, 0.2) is 0 Å². The molecular formula is C16H19N3O2. The molecule has 5 nitrogen and oxygen atoms in total. The van der Waals surface area contributed by atoms with E-state index in [-0.39, 0.29) is 11.5 Å². The predicted octanol–water partition coefficient (Wildman–Crippen LogP) is 2.33. The van der Waals surface area contributed by atoms with Gasteiger partial charge in [-0.05, 0) is 37.6 Å². The Balaban J connectivity index is 2.27. The highest BCUT2D eigenvalue weighted by Crippen LogP contribution is 2.16. The Labute approximate surface area is 123 Å². The van der Waals surface area contributed by atoms with Crippen molar-refractivity contribution in [3.63, 3.8) is 0 Å². The van der Waals surface area contributed by atoms with Gasteiger partial charge in [0.05, 0.1) is 0 Å². The van der Waals surface area contributed by atoms with Crippen molar-refractivity contribution in [1.29, 1.82) is 0 Å². The molecule has 1 aromatic heterocycles. The van der Waals surface area contributed by atoms with Crippen LogP contribution in [0.15, 0.2) is 47.4 Å². The first-order valence-corrected chi connectivity index (χ1v) is 6.87. The third-order valence-electron chi connectivity index (χ3n) is 3.34. The molecule has 1 aromatic carbocycles. The maximum atomic E-state index is 12.4. The Kier molecular flexibility index (Phi) is 4.42. The van der Waals surface area contributed by atoms with Gasteiger partial charge in [-0.25, -0.2) is 0 Å². The lowest BCUT2D eigenvalue weighted by atomic mass is 10.1. The average Bonchev–Trinajstić information content (AvgIpc) is 2.44. The molecule has 2 aromatic rings. The molecule has 2 rings (SSSR count). The number of benzene rings is 1. The number of hydrogen-bond acceptors (Lipinski definition) is 3. The van der Waals surface area contributed by atoms with Crippen LogP contribution in [0.1, 0.15) is 24.9 Å². The molecule has 0 bridgehead atoms. The summed E-state index contributed by atoms with van der Waals surface area (Å²) in [7, 11) is 0. The van der Waals surface area contributed by atoms with Crippen LogP contribution in [0.25, 0.3) is 0 Å². The number of nitrogen functional groups attached to an aromatic ring is 1. The van der Waals surface area contributed by atoms with E-state index in [1.807, 2.05) is 6.92 Å². The van der Waals surface area contributed by atoms with Crippen molar-refractivity contribution in [2.75, 3.05) is 11.1 Å². The number of nitrogens with zero attached hydrogens (tertiary/aromatic N) is 1. The first-order valence-electron chi connectivity index (χ1n) is 6.87. The molecule has 21 heavy (non-hydrogen) atoms. The summed E-state index contributed by atoms with van der Waals surface area (Å²) in [4.78, 5) is 24.6. The minimum atomic E-state index is -0.543. The lowest BCUT2D eigenvalue weighted by Crippen LogP contribution is -2.33. The first kappa shape index (κ1) is 14.8. The largest absolute Gasteiger partial charge is 0.399 e. The molecule has 1 amide bonds. The second kappa shape index (κ2) is 6.26. The molecule has 1 atom stereocenters. The second-order valence-electron chi connectivity index (χ2n) is 4.94. The van der Waals surface area contributed by atoms with Gasteiger partial charge < -0.3 is 15.6 Å². The molecule has 0 spiro atoms. The summed E-state index contributed by atoms with van der Waals surface area (Å²) in [5, 5.41) is 2.80. The lowest BCUT2D eigenvalue weighted by Gasteiger charge is -2.18. The Morgan fingerprint density at radius 1 is 1.33 bits per heavy atom. The summed E-state index contributed by atoms with van der Waals surface area (Å²) in [6.45, 7) is 3.61. The fraction of sp³-hybridized carbons (Fsp3) is 0.250. The zero-order valence-corrected chi connectivity index (χ0v) is 12.2. The highest BCUT2D eigenvalue weighted by molar-refractivity contribution is 5.94. The van der Waals surface area contributed by atoms with E-state index in [2.05, 4.69) is 5.32 Å². The number of rotatable bonds is 4. The van der Waals surface area contributed by atoms with Crippen LogP contribution in [0.3, 0.4) is 0 Å². The quantitative estimate of drug-likeness (QED) is 0.846. The van der Waals surface area contributed by atoms with E-state index < -0.39 is 6.04 Å². The molecule has 0 aliphatic rings. The van der Waals surface area contributed by atoms with Gasteiger partial charge in [0, 0.05) is 23.1 Å². The summed E-state index contributed by atoms with van der Waals surface area (Å²) >= 11 is 0. The predicted molar refractivity (Wildman–Crippen MR) is 84.3 cm³/mol. The highest BCUT2D eigenvalue weighted by atomic mass is 16.2. The van der Waals surface area contributed by atoms with Crippen molar-refractivity contribution in [3.05, 3.63) is 58.5 Å². The van der Waals surface area contributed by atoms with E-state index in [1.165, 1.54) is 4.57 Å². The number of carbonyl (C=O) groups is 1. The topological polar surface area (TPSA) is 77.1 Å². The van der Waals surface area contributed by atoms with Crippen LogP contribution in [0.4, 0.5) is 11.4 Å². The lowest BCUT2D eigenvalue weighted by molar-refractivity contribution is -0.119. The van der Waals surface area contributed by atoms with Crippen molar-refractivity contribution in [1.82, 2.24) is 4.57 Å². The fourth-order valence-electron chi connectivity index (χ4n) is 2.22. The second-order valence-corrected chi connectivity index (χ2v) is 4.94. The molecule has 0 aliphatic heterocycles. The Bertz CT molecular complexity index is 707. The molecule has 0 saturated heterocycles. The molecule has 0 saturated carbocycles. The highest BCUT2D eigenvalue weighted by Gasteiger charge is 2.19. The summed E-state index contributed by atoms with van der Waals surface area (Å²) < 4.78 is 1.47. The molecule has 0 radical (unpaired) electrons. The molecule has 110 valence electrons. The summed E-state index contributed by atoms with van der Waals surface area (Å²) in [6.07, 6.45) is 2.17. The van der Waals surface area contributed by atoms with E-state index in [9.17, 15) is 9.59 Å². The zero-order chi connectivity index (χ0) is 15.4. The van der Waals surface area contributed by atoms with Gasteiger partial charge >= 0.3 is 0 Å². The normalized spacial score (nSPS) is 11.9. The van der Waals surface area contributed by atoms with E-state index in [0.29, 0.717) is 23.4 Å². The van der Waals surface area contributed by atoms with Crippen LogP contribution in [0.5, 0.6) is 0 Å². The number of nitrogens with two attached hydrogens (primary N) is 1. The minimum absolute atomic E-state index is 0.146. The molecular weight excluding hydrogens is 266 g/mol. The minimum Gasteiger partial charge on any atom is -0.399 e. The van der Waals surface area contributed by atoms with Crippen LogP contribution in [-0.4, -0.2) is 10.5 Å². The van der Waals surface area contributed by atoms with E-state index in [1.54, 1.807) is 49.5 Å². The molecule has 1 heterocycles. The van der Waals surface area contributed by atoms with Crippen molar-refractivity contribution >= 4 is 17.3 Å². The number of anilines is 2. The third-order valence-corrected chi connectivity index (χ3v) is 3.34. The number of nitrogens with one attached hydrogen (secondary N) is 1. The summed E-state index contributed by atoms with van der Waals surface area (Å²) in [6, 6.07) is 9.93. The van der Waals surface area contributed by atoms with Crippen molar-refractivity contribution in [2.45, 2.75) is 26.3 Å². The summed E-state index contributed by atoms with van der Waals surface area (Å²) in [5.41, 5.74) is 7.37. The van der Waals surface area contributed by atoms with Gasteiger partial charge in [0.2, 0.25) is 5.91 Å². The van der Waals surface area contributed by atoms with Crippen LogP contribution < -0.4 is 16.6 Å². The van der Waals surface area contributed by atoms with Crippen molar-refractivity contribution in [3.8, 4) is 0 Å². The van der Waals surface area contributed by atoms with E-state index in [0.717, 1.165) is 0 Å². The number of amides is 1. The molecule has 0 aliphatic carbocycles. The maximum Gasteiger partial charge on any atom is 0.254 e. The van der Waals surface area contributed by atoms with E-state index in [4.69, 9.17) is 5.73 Å². The van der Waals surface area contributed by atoms with Crippen LogP contribution in [-0.2, 0) is 4.79 Å². The molecule has 5 heteroatoms. The van der Waals surface area contributed by atoms with Gasteiger partial charge in [-0.2, -0.15) is 0 Å². The third kappa shape index (κ3) is 3.31. The van der Waals surface area contributed by atoms with E-state index >= 15 is 0 Å². The van der Waals surface area contributed by atoms with Crippen molar-refractivity contribution in [2.24, 2.45) is 0 Å². The van der Waals surface area contributed by atoms with Crippen LogP contribution in [0, 0.1) is 6.92 Å². The number of pyridine rings is 1. The van der Waals surface area contributed by atoms with Gasteiger partial charge in [-0.3, -0.25) is 9.59 Å². The fourth-order valence-corrected chi connectivity index (χ4v) is 2.22. The Morgan fingerprint density at radius 2 is 2.10 bits per heavy atom. The molecule has 0 fully saturated rings. The molecule has 3 N–H and O–H groups in total.